The van der Waals surface area contributed by atoms with Gasteiger partial charge in [0.25, 0.3) is 0 Å². The van der Waals surface area contributed by atoms with Gasteiger partial charge >= 0.3 is 0 Å². The van der Waals surface area contributed by atoms with Crippen LogP contribution >= 0.6 is 0 Å². The predicted octanol–water partition coefficient (Wildman–Crippen LogP) is 2.59. The maximum atomic E-state index is 11.7. The van der Waals surface area contributed by atoms with E-state index in [1.54, 1.807) is 6.92 Å². The highest BCUT2D eigenvalue weighted by Crippen LogP contribution is 2.12. The normalized spacial score (nSPS) is 14.4. The molecule has 0 aromatic heterocycles. The van der Waals surface area contributed by atoms with Crippen molar-refractivity contribution in [1.82, 2.24) is 5.32 Å². The van der Waals surface area contributed by atoms with E-state index in [2.05, 4.69) is 11.4 Å². The zero-order valence-corrected chi connectivity index (χ0v) is 12.1. The van der Waals surface area contributed by atoms with Crippen molar-refractivity contribution in [3.63, 3.8) is 0 Å². The van der Waals surface area contributed by atoms with E-state index < -0.39 is 6.10 Å². The molecule has 3 heteroatoms. The second-order valence-corrected chi connectivity index (χ2v) is 5.19. The Bertz CT molecular complexity index is 464. The lowest BCUT2D eigenvalue weighted by atomic mass is 10.1. The summed E-state index contributed by atoms with van der Waals surface area (Å²) in [4.78, 5) is 11.7. The number of amides is 1. The van der Waals surface area contributed by atoms with Crippen LogP contribution in [0, 0.1) is 13.8 Å². The lowest BCUT2D eigenvalue weighted by Gasteiger charge is -2.13. The van der Waals surface area contributed by atoms with Gasteiger partial charge in [-0.3, -0.25) is 4.79 Å². The van der Waals surface area contributed by atoms with Crippen molar-refractivity contribution < 1.29 is 9.90 Å². The first-order valence-corrected chi connectivity index (χ1v) is 6.62. The smallest absolute Gasteiger partial charge is 0.244 e. The number of aliphatic hydroxyl groups is 1. The first-order valence-electron chi connectivity index (χ1n) is 6.62. The van der Waals surface area contributed by atoms with E-state index >= 15 is 0 Å². The predicted molar refractivity (Wildman–Crippen MR) is 78.9 cm³/mol. The molecule has 2 atom stereocenters. The molecule has 2 N–H and O–H groups in total. The van der Waals surface area contributed by atoms with Gasteiger partial charge in [-0.25, -0.2) is 0 Å². The van der Waals surface area contributed by atoms with E-state index in [4.69, 9.17) is 0 Å². The SMILES string of the molecule is Cc1ccc(/C=C/C(=O)NC(C)CC(C)O)c(C)c1. The molecule has 19 heavy (non-hydrogen) atoms. The number of aryl methyl sites for hydroxylation is 2. The third-order valence-corrected chi connectivity index (χ3v) is 2.92. The molecule has 0 saturated carbocycles. The van der Waals surface area contributed by atoms with Crippen LogP contribution in [0.15, 0.2) is 24.3 Å². The maximum absolute atomic E-state index is 11.7. The second-order valence-electron chi connectivity index (χ2n) is 5.19. The number of nitrogens with one attached hydrogen (secondary N) is 1. The molecule has 1 amide bonds. The Hall–Kier alpha value is -1.61. The molecule has 2 unspecified atom stereocenters. The molecule has 0 aliphatic carbocycles. The van der Waals surface area contributed by atoms with Gasteiger partial charge in [0.15, 0.2) is 0 Å². The van der Waals surface area contributed by atoms with Crippen molar-refractivity contribution in [3.05, 3.63) is 41.0 Å². The van der Waals surface area contributed by atoms with Gasteiger partial charge in [-0.05, 0) is 51.3 Å². The van der Waals surface area contributed by atoms with E-state index in [0.717, 1.165) is 11.1 Å². The van der Waals surface area contributed by atoms with Crippen LogP contribution in [0.4, 0.5) is 0 Å². The van der Waals surface area contributed by atoms with Crippen LogP contribution in [0.1, 0.15) is 37.0 Å². The van der Waals surface area contributed by atoms with Crippen LogP contribution in [-0.4, -0.2) is 23.2 Å². The molecule has 1 aromatic carbocycles. The fraction of sp³-hybridized carbons (Fsp3) is 0.438. The van der Waals surface area contributed by atoms with Crippen LogP contribution in [0.5, 0.6) is 0 Å². The van der Waals surface area contributed by atoms with Gasteiger partial charge in [-0.15, -0.1) is 0 Å². The van der Waals surface area contributed by atoms with Crippen molar-refractivity contribution in [3.8, 4) is 0 Å². The highest BCUT2D eigenvalue weighted by atomic mass is 16.3. The summed E-state index contributed by atoms with van der Waals surface area (Å²) in [7, 11) is 0. The fourth-order valence-electron chi connectivity index (χ4n) is 2.04. The zero-order chi connectivity index (χ0) is 14.4. The minimum atomic E-state index is -0.404. The Morgan fingerprint density at radius 2 is 2.05 bits per heavy atom. The summed E-state index contributed by atoms with van der Waals surface area (Å²) >= 11 is 0. The third-order valence-electron chi connectivity index (χ3n) is 2.92. The van der Waals surface area contributed by atoms with Crippen LogP contribution in [0.3, 0.4) is 0 Å². The van der Waals surface area contributed by atoms with Crippen LogP contribution in [0.25, 0.3) is 6.08 Å². The van der Waals surface area contributed by atoms with Gasteiger partial charge in [0.05, 0.1) is 6.10 Å². The number of carbonyl (C=O) groups excluding carboxylic acids is 1. The van der Waals surface area contributed by atoms with E-state index in [1.165, 1.54) is 11.6 Å². The number of aliphatic hydroxyl groups excluding tert-OH is 1. The average Bonchev–Trinajstić information content (AvgIpc) is 2.26. The Morgan fingerprint density at radius 1 is 1.37 bits per heavy atom. The van der Waals surface area contributed by atoms with Crippen molar-refractivity contribution >= 4 is 12.0 Å². The highest BCUT2D eigenvalue weighted by Gasteiger charge is 2.07. The van der Waals surface area contributed by atoms with Gasteiger partial charge in [0.2, 0.25) is 5.91 Å². The summed E-state index contributed by atoms with van der Waals surface area (Å²) in [5.41, 5.74) is 3.41. The second kappa shape index (κ2) is 7.10. The Labute approximate surface area is 115 Å². The van der Waals surface area contributed by atoms with Gasteiger partial charge in [-0.2, -0.15) is 0 Å². The molecule has 0 heterocycles. The Kier molecular flexibility index (Phi) is 5.77. The summed E-state index contributed by atoms with van der Waals surface area (Å²) in [6.07, 6.45) is 3.51. The van der Waals surface area contributed by atoms with Crippen molar-refractivity contribution in [2.45, 2.75) is 46.3 Å². The first kappa shape index (κ1) is 15.4. The summed E-state index contributed by atoms with van der Waals surface area (Å²) in [6, 6.07) is 6.10. The molecular formula is C16H23NO2. The lowest BCUT2D eigenvalue weighted by molar-refractivity contribution is -0.117. The molecular weight excluding hydrogens is 238 g/mol. The summed E-state index contributed by atoms with van der Waals surface area (Å²) < 4.78 is 0. The van der Waals surface area contributed by atoms with Gasteiger partial charge in [0.1, 0.15) is 0 Å². The van der Waals surface area contributed by atoms with E-state index in [1.807, 2.05) is 39.0 Å². The maximum Gasteiger partial charge on any atom is 0.244 e. The fourth-order valence-corrected chi connectivity index (χ4v) is 2.04. The highest BCUT2D eigenvalue weighted by molar-refractivity contribution is 5.92. The van der Waals surface area contributed by atoms with E-state index in [9.17, 15) is 9.90 Å². The van der Waals surface area contributed by atoms with E-state index in [0.29, 0.717) is 6.42 Å². The van der Waals surface area contributed by atoms with Crippen molar-refractivity contribution in [2.24, 2.45) is 0 Å². The quantitative estimate of drug-likeness (QED) is 0.800. The monoisotopic (exact) mass is 261 g/mol. The molecule has 104 valence electrons. The molecule has 3 nitrogen and oxygen atoms in total. The molecule has 0 spiro atoms. The molecule has 0 aliphatic rings. The average molecular weight is 261 g/mol. The minimum absolute atomic E-state index is 0.0312. The summed E-state index contributed by atoms with van der Waals surface area (Å²) in [6.45, 7) is 7.68. The molecule has 0 fully saturated rings. The number of rotatable bonds is 5. The first-order chi connectivity index (χ1) is 8.88. The number of carbonyl (C=O) groups is 1. The topological polar surface area (TPSA) is 49.3 Å². The standard InChI is InChI=1S/C16H23NO2/c1-11-5-6-15(12(2)9-11)7-8-16(19)17-13(3)10-14(4)18/h5-9,13-14,18H,10H2,1-4H3,(H,17,19)/b8-7+. The summed E-state index contributed by atoms with van der Waals surface area (Å²) in [5.74, 6) is -0.131. The third kappa shape index (κ3) is 5.71. The minimum Gasteiger partial charge on any atom is -0.393 e. The number of hydrogen-bond acceptors (Lipinski definition) is 2. The van der Waals surface area contributed by atoms with Crippen molar-refractivity contribution in [2.75, 3.05) is 0 Å². The van der Waals surface area contributed by atoms with E-state index in [-0.39, 0.29) is 11.9 Å². The Morgan fingerprint density at radius 3 is 2.63 bits per heavy atom. The van der Waals surface area contributed by atoms with Crippen LogP contribution < -0.4 is 5.32 Å². The van der Waals surface area contributed by atoms with Gasteiger partial charge < -0.3 is 10.4 Å². The summed E-state index contributed by atoms with van der Waals surface area (Å²) in [5, 5.41) is 12.1. The molecule has 0 bridgehead atoms. The molecule has 0 radical (unpaired) electrons. The Balaban J connectivity index is 2.58. The van der Waals surface area contributed by atoms with Crippen LogP contribution in [0.2, 0.25) is 0 Å². The van der Waals surface area contributed by atoms with Gasteiger partial charge in [-0.1, -0.05) is 23.8 Å². The number of hydrogen-bond donors (Lipinski definition) is 2. The molecule has 1 aromatic rings. The molecule has 0 aliphatic heterocycles. The lowest BCUT2D eigenvalue weighted by Crippen LogP contribution is -2.33. The van der Waals surface area contributed by atoms with Crippen LogP contribution in [-0.2, 0) is 4.79 Å². The molecule has 1 rings (SSSR count). The molecule has 0 saturated heterocycles. The van der Waals surface area contributed by atoms with Crippen molar-refractivity contribution in [1.29, 1.82) is 0 Å². The number of benzene rings is 1. The zero-order valence-electron chi connectivity index (χ0n) is 12.1. The van der Waals surface area contributed by atoms with Gasteiger partial charge in [0, 0.05) is 12.1 Å². The largest absolute Gasteiger partial charge is 0.393 e.